The van der Waals surface area contributed by atoms with Crippen molar-refractivity contribution in [1.29, 1.82) is 0 Å². The fraction of sp³-hybridized carbons (Fsp3) is 0.250. The van der Waals surface area contributed by atoms with Gasteiger partial charge in [-0.1, -0.05) is 17.7 Å². The minimum Gasteiger partial charge on any atom is -0.497 e. The summed E-state index contributed by atoms with van der Waals surface area (Å²) in [4.78, 5) is 36.6. The van der Waals surface area contributed by atoms with E-state index < -0.39 is 17.9 Å². The van der Waals surface area contributed by atoms with Crippen LogP contribution in [0, 0.1) is 6.92 Å². The van der Waals surface area contributed by atoms with Crippen LogP contribution in [0.15, 0.2) is 42.5 Å². The molecular formula is C20H23N3O5. The zero-order valence-electron chi connectivity index (χ0n) is 16.2. The first-order valence-corrected chi connectivity index (χ1v) is 8.55. The highest BCUT2D eigenvalue weighted by molar-refractivity contribution is 5.99. The van der Waals surface area contributed by atoms with Gasteiger partial charge in [0, 0.05) is 17.2 Å². The van der Waals surface area contributed by atoms with Gasteiger partial charge in [0.1, 0.15) is 17.5 Å². The zero-order valence-corrected chi connectivity index (χ0v) is 16.2. The molecule has 0 bridgehead atoms. The third-order valence-corrected chi connectivity index (χ3v) is 3.93. The molecule has 0 radical (unpaired) electrons. The van der Waals surface area contributed by atoms with Gasteiger partial charge in [-0.3, -0.25) is 25.2 Å². The van der Waals surface area contributed by atoms with Crippen molar-refractivity contribution >= 4 is 17.7 Å². The van der Waals surface area contributed by atoms with E-state index in [0.717, 1.165) is 5.56 Å². The topological polar surface area (TPSA) is 106 Å². The Labute approximate surface area is 163 Å². The third kappa shape index (κ3) is 5.47. The average molecular weight is 385 g/mol. The summed E-state index contributed by atoms with van der Waals surface area (Å²) >= 11 is 0. The van der Waals surface area contributed by atoms with Gasteiger partial charge in [0.25, 0.3) is 17.7 Å². The minimum absolute atomic E-state index is 0.243. The lowest BCUT2D eigenvalue weighted by Gasteiger charge is -2.15. The van der Waals surface area contributed by atoms with Crippen LogP contribution in [0.5, 0.6) is 11.5 Å². The number of amides is 3. The number of hydrogen-bond acceptors (Lipinski definition) is 5. The molecule has 3 amide bonds. The van der Waals surface area contributed by atoms with E-state index >= 15 is 0 Å². The molecule has 2 aromatic rings. The van der Waals surface area contributed by atoms with E-state index in [-0.39, 0.29) is 11.5 Å². The van der Waals surface area contributed by atoms with Gasteiger partial charge < -0.3 is 14.8 Å². The number of rotatable bonds is 6. The Bertz CT molecular complexity index is 860. The van der Waals surface area contributed by atoms with Crippen molar-refractivity contribution in [3.63, 3.8) is 0 Å². The molecular weight excluding hydrogens is 362 g/mol. The zero-order chi connectivity index (χ0) is 20.7. The van der Waals surface area contributed by atoms with Gasteiger partial charge in [-0.2, -0.15) is 0 Å². The molecule has 0 aliphatic heterocycles. The number of hydrazine groups is 1. The van der Waals surface area contributed by atoms with Gasteiger partial charge in [0.05, 0.1) is 14.2 Å². The van der Waals surface area contributed by atoms with Crippen LogP contribution >= 0.6 is 0 Å². The lowest BCUT2D eigenvalue weighted by atomic mass is 10.1. The van der Waals surface area contributed by atoms with Crippen molar-refractivity contribution in [2.75, 3.05) is 14.2 Å². The number of carbonyl (C=O) groups excluding carboxylic acids is 3. The Morgan fingerprint density at radius 3 is 2.07 bits per heavy atom. The van der Waals surface area contributed by atoms with Crippen LogP contribution in [0.1, 0.15) is 33.2 Å². The van der Waals surface area contributed by atoms with Crippen LogP contribution in [0.2, 0.25) is 0 Å². The highest BCUT2D eigenvalue weighted by Gasteiger charge is 2.18. The van der Waals surface area contributed by atoms with Crippen molar-refractivity contribution in [1.82, 2.24) is 16.2 Å². The van der Waals surface area contributed by atoms with Crippen molar-refractivity contribution in [3.8, 4) is 11.5 Å². The molecule has 0 aromatic heterocycles. The van der Waals surface area contributed by atoms with Gasteiger partial charge in [-0.15, -0.1) is 0 Å². The fourth-order valence-corrected chi connectivity index (χ4v) is 2.37. The Hall–Kier alpha value is -3.55. The van der Waals surface area contributed by atoms with Crippen LogP contribution < -0.4 is 25.6 Å². The summed E-state index contributed by atoms with van der Waals surface area (Å²) in [6, 6.07) is 10.8. The lowest BCUT2D eigenvalue weighted by molar-refractivity contribution is -0.123. The van der Waals surface area contributed by atoms with Crippen molar-refractivity contribution in [2.45, 2.75) is 19.9 Å². The van der Waals surface area contributed by atoms with Gasteiger partial charge in [-0.25, -0.2) is 0 Å². The molecule has 0 aliphatic carbocycles. The molecule has 0 saturated carbocycles. The van der Waals surface area contributed by atoms with Gasteiger partial charge in [0.2, 0.25) is 0 Å². The molecule has 0 fully saturated rings. The molecule has 2 aromatic carbocycles. The highest BCUT2D eigenvalue weighted by Crippen LogP contribution is 2.22. The summed E-state index contributed by atoms with van der Waals surface area (Å²) in [6.07, 6.45) is 0. The van der Waals surface area contributed by atoms with E-state index in [2.05, 4.69) is 16.2 Å². The maximum Gasteiger partial charge on any atom is 0.269 e. The van der Waals surface area contributed by atoms with Crippen LogP contribution in [-0.4, -0.2) is 38.0 Å². The first-order valence-electron chi connectivity index (χ1n) is 8.55. The number of hydrogen-bond donors (Lipinski definition) is 3. The monoisotopic (exact) mass is 385 g/mol. The van der Waals surface area contributed by atoms with E-state index in [1.807, 2.05) is 13.0 Å². The first kappa shape index (κ1) is 20.8. The van der Waals surface area contributed by atoms with Crippen LogP contribution in [0.25, 0.3) is 0 Å². The fourth-order valence-electron chi connectivity index (χ4n) is 2.37. The molecule has 0 spiro atoms. The summed E-state index contributed by atoms with van der Waals surface area (Å²) in [6.45, 7) is 3.39. The van der Waals surface area contributed by atoms with Gasteiger partial charge >= 0.3 is 0 Å². The van der Waals surface area contributed by atoms with Gasteiger partial charge in [0.15, 0.2) is 0 Å². The molecule has 0 heterocycles. The van der Waals surface area contributed by atoms with E-state index in [9.17, 15) is 14.4 Å². The second-order valence-electron chi connectivity index (χ2n) is 6.11. The smallest absolute Gasteiger partial charge is 0.269 e. The van der Waals surface area contributed by atoms with E-state index in [1.165, 1.54) is 33.3 Å². The predicted octanol–water partition coefficient (Wildman–Crippen LogP) is 1.59. The second kappa shape index (κ2) is 9.40. The number of benzene rings is 2. The molecule has 8 nitrogen and oxygen atoms in total. The quantitative estimate of drug-likeness (QED) is 0.655. The van der Waals surface area contributed by atoms with Crippen LogP contribution in [-0.2, 0) is 4.79 Å². The molecule has 2 rings (SSSR count). The van der Waals surface area contributed by atoms with Crippen LogP contribution in [0.4, 0.5) is 0 Å². The molecule has 1 atom stereocenters. The minimum atomic E-state index is -0.854. The summed E-state index contributed by atoms with van der Waals surface area (Å²) < 4.78 is 10.2. The summed E-state index contributed by atoms with van der Waals surface area (Å²) in [5.74, 6) is -0.619. The van der Waals surface area contributed by atoms with E-state index in [4.69, 9.17) is 9.47 Å². The summed E-state index contributed by atoms with van der Waals surface area (Å²) in [7, 11) is 2.94. The third-order valence-electron chi connectivity index (χ3n) is 3.93. The Morgan fingerprint density at radius 1 is 0.857 bits per heavy atom. The predicted molar refractivity (Wildman–Crippen MR) is 103 cm³/mol. The summed E-state index contributed by atoms with van der Waals surface area (Å²) in [5, 5.41) is 2.58. The van der Waals surface area contributed by atoms with Crippen molar-refractivity contribution < 1.29 is 23.9 Å². The normalized spacial score (nSPS) is 11.1. The maximum absolute atomic E-state index is 12.3. The Kier molecular flexibility index (Phi) is 6.97. The maximum atomic E-state index is 12.3. The lowest BCUT2D eigenvalue weighted by Crippen LogP contribution is -2.51. The number of ether oxygens (including phenoxy) is 2. The van der Waals surface area contributed by atoms with Crippen LogP contribution in [0.3, 0.4) is 0 Å². The average Bonchev–Trinajstić information content (AvgIpc) is 2.70. The van der Waals surface area contributed by atoms with Crippen molar-refractivity contribution in [2.24, 2.45) is 0 Å². The number of nitrogens with one attached hydrogen (secondary N) is 3. The molecule has 148 valence electrons. The SMILES string of the molecule is COc1cc(OC)cc(C(=O)NNC(=O)[C@H](C)NC(=O)c2cccc(C)c2)c1. The number of carbonyl (C=O) groups is 3. The van der Waals surface area contributed by atoms with E-state index in [1.54, 1.807) is 24.3 Å². The highest BCUT2D eigenvalue weighted by atomic mass is 16.5. The number of methoxy groups -OCH3 is 2. The molecule has 28 heavy (non-hydrogen) atoms. The van der Waals surface area contributed by atoms with Crippen molar-refractivity contribution in [3.05, 3.63) is 59.2 Å². The molecule has 0 aliphatic rings. The molecule has 3 N–H and O–H groups in total. The second-order valence-corrected chi connectivity index (χ2v) is 6.11. The molecule has 8 heteroatoms. The Balaban J connectivity index is 1.94. The summed E-state index contributed by atoms with van der Waals surface area (Å²) in [5.41, 5.74) is 6.22. The van der Waals surface area contributed by atoms with E-state index in [0.29, 0.717) is 17.1 Å². The first-order chi connectivity index (χ1) is 13.3. The Morgan fingerprint density at radius 2 is 1.50 bits per heavy atom. The number of aryl methyl sites for hydroxylation is 1. The molecule has 0 saturated heterocycles. The largest absolute Gasteiger partial charge is 0.497 e. The van der Waals surface area contributed by atoms with Gasteiger partial charge in [-0.05, 0) is 38.1 Å². The molecule has 0 unspecified atom stereocenters. The standard InChI is InChI=1S/C20H23N3O5/c1-12-6-5-7-14(8-12)19(25)21-13(2)18(24)22-23-20(26)15-9-16(27-3)11-17(10-15)28-4/h5-11,13H,1-4H3,(H,21,25)(H,22,24)(H,23,26)/t13-/m0/s1.